The Morgan fingerprint density at radius 3 is 2.75 bits per heavy atom. The molecule has 0 saturated heterocycles. The molecule has 0 bridgehead atoms. The van der Waals surface area contributed by atoms with Crippen LogP contribution in [0, 0.1) is 6.92 Å². The Labute approximate surface area is 132 Å². The Morgan fingerprint density at radius 2 is 2.04 bits per heavy atom. The Morgan fingerprint density at radius 1 is 1.29 bits per heavy atom. The van der Waals surface area contributed by atoms with Gasteiger partial charge in [0.1, 0.15) is 5.56 Å². The predicted molar refractivity (Wildman–Crippen MR) is 79.9 cm³/mol. The zero-order chi connectivity index (χ0) is 17.5. The molecule has 0 radical (unpaired) electrons. The van der Waals surface area contributed by atoms with Crippen molar-refractivity contribution in [2.75, 3.05) is 5.32 Å². The summed E-state index contributed by atoms with van der Waals surface area (Å²) >= 11 is 0. The number of aryl methyl sites for hydroxylation is 1. The molecule has 0 aliphatic rings. The first-order valence-electron chi connectivity index (χ1n) is 6.82. The molecule has 0 unspecified atom stereocenters. The highest BCUT2D eigenvalue weighted by atomic mass is 19.4. The van der Waals surface area contributed by atoms with Crippen LogP contribution in [0.5, 0.6) is 0 Å². The van der Waals surface area contributed by atoms with E-state index in [1.807, 2.05) is 0 Å². The maximum atomic E-state index is 12.7. The number of hydrogen-bond acceptors (Lipinski definition) is 3. The third-order valence-corrected chi connectivity index (χ3v) is 3.32. The monoisotopic (exact) mass is 336 g/mol. The van der Waals surface area contributed by atoms with Crippen molar-refractivity contribution in [2.45, 2.75) is 13.1 Å². The number of alkyl halides is 3. The van der Waals surface area contributed by atoms with E-state index in [0.29, 0.717) is 5.69 Å². The number of aromatic nitrogens is 3. The SMILES string of the molecule is Cc1cc(=O)n2[nH]cc(C(=O)Nc3cccc(C(F)(F)F)c3)c2n1. The molecule has 1 aromatic carbocycles. The highest BCUT2D eigenvalue weighted by Crippen LogP contribution is 2.30. The fourth-order valence-electron chi connectivity index (χ4n) is 2.23. The second-order valence-electron chi connectivity index (χ2n) is 5.11. The standard InChI is InChI=1S/C15H11F3N4O2/c1-8-5-12(23)22-13(20-8)11(7-19-22)14(24)21-10-4-2-3-9(6-10)15(16,17)18/h2-7,19H,1H3,(H,21,24). The molecule has 2 N–H and O–H groups in total. The van der Waals surface area contributed by atoms with Gasteiger partial charge in [-0.25, -0.2) is 9.50 Å². The van der Waals surface area contributed by atoms with Gasteiger partial charge >= 0.3 is 6.18 Å². The quantitative estimate of drug-likeness (QED) is 0.755. The van der Waals surface area contributed by atoms with Crippen molar-refractivity contribution in [1.29, 1.82) is 0 Å². The second kappa shape index (κ2) is 5.52. The van der Waals surface area contributed by atoms with Gasteiger partial charge in [0, 0.05) is 23.6 Å². The van der Waals surface area contributed by atoms with Crippen molar-refractivity contribution in [3.8, 4) is 0 Å². The molecule has 1 amide bonds. The van der Waals surface area contributed by atoms with Gasteiger partial charge in [-0.05, 0) is 25.1 Å². The number of fused-ring (bicyclic) bond motifs is 1. The average molecular weight is 336 g/mol. The molecule has 3 aromatic rings. The summed E-state index contributed by atoms with van der Waals surface area (Å²) in [6.45, 7) is 1.60. The number of nitrogens with zero attached hydrogens (tertiary/aromatic N) is 2. The van der Waals surface area contributed by atoms with E-state index in [1.54, 1.807) is 6.92 Å². The van der Waals surface area contributed by atoms with E-state index in [0.717, 1.165) is 16.6 Å². The maximum absolute atomic E-state index is 12.7. The smallest absolute Gasteiger partial charge is 0.322 e. The maximum Gasteiger partial charge on any atom is 0.416 e. The second-order valence-corrected chi connectivity index (χ2v) is 5.11. The lowest BCUT2D eigenvalue weighted by Gasteiger charge is -2.09. The molecule has 0 saturated carbocycles. The molecule has 0 aliphatic carbocycles. The lowest BCUT2D eigenvalue weighted by Crippen LogP contribution is -2.17. The summed E-state index contributed by atoms with van der Waals surface area (Å²) in [6.07, 6.45) is -3.24. The number of carbonyl (C=O) groups is 1. The van der Waals surface area contributed by atoms with E-state index in [2.05, 4.69) is 15.4 Å². The van der Waals surface area contributed by atoms with Gasteiger partial charge in [-0.3, -0.25) is 14.7 Å². The van der Waals surface area contributed by atoms with E-state index < -0.39 is 23.2 Å². The fraction of sp³-hybridized carbons (Fsp3) is 0.133. The minimum absolute atomic E-state index is 0.0100. The lowest BCUT2D eigenvalue weighted by atomic mass is 10.2. The summed E-state index contributed by atoms with van der Waals surface area (Å²) in [5.74, 6) is -0.675. The van der Waals surface area contributed by atoms with Gasteiger partial charge in [0.15, 0.2) is 5.65 Å². The molecule has 0 spiro atoms. The number of halogens is 3. The molecule has 0 atom stereocenters. The van der Waals surface area contributed by atoms with Crippen LogP contribution in [0.15, 0.2) is 41.3 Å². The number of anilines is 1. The van der Waals surface area contributed by atoms with Crippen molar-refractivity contribution in [1.82, 2.24) is 14.6 Å². The summed E-state index contributed by atoms with van der Waals surface area (Å²) in [5.41, 5.74) is -0.699. The number of nitrogens with one attached hydrogen (secondary N) is 2. The summed E-state index contributed by atoms with van der Waals surface area (Å²) in [4.78, 5) is 28.2. The van der Waals surface area contributed by atoms with Crippen LogP contribution in [0.4, 0.5) is 18.9 Å². The largest absolute Gasteiger partial charge is 0.416 e. The Hall–Kier alpha value is -3.10. The topological polar surface area (TPSA) is 79.3 Å². The molecule has 6 nitrogen and oxygen atoms in total. The molecule has 3 rings (SSSR count). The lowest BCUT2D eigenvalue weighted by molar-refractivity contribution is -0.137. The van der Waals surface area contributed by atoms with Gasteiger partial charge in [0.05, 0.1) is 5.56 Å². The van der Waals surface area contributed by atoms with Crippen molar-refractivity contribution < 1.29 is 18.0 Å². The van der Waals surface area contributed by atoms with E-state index in [4.69, 9.17) is 0 Å². The normalized spacial score (nSPS) is 11.7. The van der Waals surface area contributed by atoms with Crippen LogP contribution in [-0.4, -0.2) is 20.5 Å². The number of aromatic amines is 1. The highest BCUT2D eigenvalue weighted by molar-refractivity contribution is 6.08. The van der Waals surface area contributed by atoms with Crippen LogP contribution in [0.25, 0.3) is 5.65 Å². The van der Waals surface area contributed by atoms with E-state index in [1.165, 1.54) is 24.4 Å². The van der Waals surface area contributed by atoms with Crippen LogP contribution in [-0.2, 0) is 6.18 Å². The van der Waals surface area contributed by atoms with Crippen LogP contribution < -0.4 is 10.9 Å². The van der Waals surface area contributed by atoms with Gasteiger partial charge in [0.2, 0.25) is 0 Å². The molecule has 2 heterocycles. The predicted octanol–water partition coefficient (Wildman–Crippen LogP) is 2.60. The van der Waals surface area contributed by atoms with E-state index >= 15 is 0 Å². The molecule has 2 aromatic heterocycles. The number of hydrogen-bond donors (Lipinski definition) is 2. The number of H-pyrrole nitrogens is 1. The van der Waals surface area contributed by atoms with Crippen LogP contribution in [0.2, 0.25) is 0 Å². The first kappa shape index (κ1) is 15.8. The fourth-order valence-corrected chi connectivity index (χ4v) is 2.23. The highest BCUT2D eigenvalue weighted by Gasteiger charge is 2.30. The zero-order valence-corrected chi connectivity index (χ0v) is 12.3. The van der Waals surface area contributed by atoms with Gasteiger partial charge < -0.3 is 5.32 Å². The molecule has 9 heteroatoms. The Kier molecular flexibility index (Phi) is 3.63. The molecule has 24 heavy (non-hydrogen) atoms. The Balaban J connectivity index is 1.95. The number of carbonyl (C=O) groups excluding carboxylic acids is 1. The first-order chi connectivity index (χ1) is 11.3. The summed E-state index contributed by atoms with van der Waals surface area (Å²) in [6, 6.07) is 5.56. The van der Waals surface area contributed by atoms with E-state index in [-0.39, 0.29) is 16.9 Å². The first-order valence-corrected chi connectivity index (χ1v) is 6.82. The third-order valence-electron chi connectivity index (χ3n) is 3.32. The van der Waals surface area contributed by atoms with Crippen molar-refractivity contribution in [3.63, 3.8) is 0 Å². The molecule has 0 aliphatic heterocycles. The minimum Gasteiger partial charge on any atom is -0.322 e. The van der Waals surface area contributed by atoms with Crippen molar-refractivity contribution in [2.24, 2.45) is 0 Å². The van der Waals surface area contributed by atoms with Gasteiger partial charge in [-0.1, -0.05) is 6.07 Å². The van der Waals surface area contributed by atoms with E-state index in [9.17, 15) is 22.8 Å². The third kappa shape index (κ3) is 2.87. The van der Waals surface area contributed by atoms with Gasteiger partial charge in [0.25, 0.3) is 11.5 Å². The molecule has 124 valence electrons. The molecular formula is C15H11F3N4O2. The summed E-state index contributed by atoms with van der Waals surface area (Å²) < 4.78 is 39.2. The number of rotatable bonds is 2. The zero-order valence-electron chi connectivity index (χ0n) is 12.3. The number of benzene rings is 1. The van der Waals surface area contributed by atoms with Crippen LogP contribution in [0.3, 0.4) is 0 Å². The molecular weight excluding hydrogens is 325 g/mol. The van der Waals surface area contributed by atoms with Gasteiger partial charge in [-0.2, -0.15) is 13.2 Å². The summed E-state index contributed by atoms with van der Waals surface area (Å²) in [7, 11) is 0. The average Bonchev–Trinajstić information content (AvgIpc) is 2.90. The van der Waals surface area contributed by atoms with Gasteiger partial charge in [-0.15, -0.1) is 0 Å². The van der Waals surface area contributed by atoms with Crippen molar-refractivity contribution in [3.05, 3.63) is 63.7 Å². The van der Waals surface area contributed by atoms with Crippen LogP contribution >= 0.6 is 0 Å². The molecule has 0 fully saturated rings. The Bertz CT molecular complexity index is 988. The van der Waals surface area contributed by atoms with Crippen molar-refractivity contribution >= 4 is 17.2 Å². The van der Waals surface area contributed by atoms with Crippen LogP contribution in [0.1, 0.15) is 21.6 Å². The summed E-state index contributed by atoms with van der Waals surface area (Å²) in [5, 5.41) is 4.96. The number of amides is 1. The minimum atomic E-state index is -4.51.